The summed E-state index contributed by atoms with van der Waals surface area (Å²) in [5.74, 6) is 0.879. The van der Waals surface area contributed by atoms with E-state index in [1.54, 1.807) is 42.6 Å². The van der Waals surface area contributed by atoms with E-state index in [9.17, 15) is 4.79 Å². The highest BCUT2D eigenvalue weighted by atomic mass is 16.1. The van der Waals surface area contributed by atoms with Crippen LogP contribution in [0.1, 0.15) is 10.4 Å². The van der Waals surface area contributed by atoms with Crippen LogP contribution in [0.2, 0.25) is 0 Å². The Morgan fingerprint density at radius 2 is 1.64 bits per heavy atom. The van der Waals surface area contributed by atoms with Crippen molar-refractivity contribution in [2.24, 2.45) is 0 Å². The highest BCUT2D eigenvalue weighted by Crippen LogP contribution is 2.18. The fraction of sp³-hybridized carbons (Fsp3) is 0. The normalized spacial score (nSPS) is 10.6. The van der Waals surface area contributed by atoms with Crippen molar-refractivity contribution >= 4 is 11.7 Å². The van der Waals surface area contributed by atoms with E-state index in [1.165, 1.54) is 0 Å². The van der Waals surface area contributed by atoms with Gasteiger partial charge in [0.2, 0.25) is 11.6 Å². The van der Waals surface area contributed by atoms with Gasteiger partial charge in [-0.05, 0) is 34.7 Å². The third-order valence-electron chi connectivity index (χ3n) is 3.33. The molecule has 0 aliphatic carbocycles. The van der Waals surface area contributed by atoms with E-state index in [0.717, 1.165) is 0 Å². The van der Waals surface area contributed by atoms with Crippen LogP contribution < -0.4 is 5.32 Å². The number of nitrogens with zero attached hydrogens (tertiary/aromatic N) is 7. The average Bonchev–Trinajstić information content (AvgIpc) is 3.36. The molecule has 4 aromatic rings. The molecule has 0 radical (unpaired) electrons. The van der Waals surface area contributed by atoms with E-state index < -0.39 is 0 Å². The monoisotopic (exact) mass is 334 g/mol. The maximum absolute atomic E-state index is 12.5. The van der Waals surface area contributed by atoms with Crippen molar-refractivity contribution in [3.63, 3.8) is 0 Å². The first-order valence-electron chi connectivity index (χ1n) is 7.15. The Kier molecular flexibility index (Phi) is 3.63. The molecule has 0 saturated carbocycles. The molecular formula is C14H10N10O. The Labute approximate surface area is 139 Å². The number of carbonyl (C=O) groups excluding carboxylic acids is 1. The van der Waals surface area contributed by atoms with E-state index in [2.05, 4.69) is 51.5 Å². The van der Waals surface area contributed by atoms with Gasteiger partial charge in [0.15, 0.2) is 0 Å². The van der Waals surface area contributed by atoms with Crippen molar-refractivity contribution in [2.45, 2.75) is 0 Å². The minimum absolute atomic E-state index is 0.317. The SMILES string of the molecule is O=C(Nc1cc(-c2nn[nH]n2)ccn1)c1cccc(-c2nn[nH]n2)c1. The average molecular weight is 334 g/mol. The second-order valence-corrected chi connectivity index (χ2v) is 4.94. The molecule has 0 bridgehead atoms. The van der Waals surface area contributed by atoms with Gasteiger partial charge in [-0.2, -0.15) is 10.4 Å². The number of nitrogens with one attached hydrogen (secondary N) is 3. The lowest BCUT2D eigenvalue weighted by atomic mass is 10.1. The number of pyridine rings is 1. The van der Waals surface area contributed by atoms with Crippen LogP contribution in [0, 0.1) is 0 Å². The lowest BCUT2D eigenvalue weighted by Gasteiger charge is -2.06. The predicted molar refractivity (Wildman–Crippen MR) is 85.0 cm³/mol. The standard InChI is InChI=1S/C14H10N10O/c25-14(10-3-1-2-8(6-10)12-17-21-22-18-12)16-11-7-9(4-5-15-11)13-19-23-24-20-13/h1-7H,(H,15,16,25)(H,17,18,21,22)(H,19,20,23,24). The Hall–Kier alpha value is -4.02. The van der Waals surface area contributed by atoms with Crippen molar-refractivity contribution in [1.29, 1.82) is 0 Å². The number of amides is 1. The first-order chi connectivity index (χ1) is 12.3. The molecule has 122 valence electrons. The molecule has 11 nitrogen and oxygen atoms in total. The zero-order valence-electron chi connectivity index (χ0n) is 12.6. The van der Waals surface area contributed by atoms with Gasteiger partial charge in [0, 0.05) is 22.9 Å². The maximum Gasteiger partial charge on any atom is 0.256 e. The number of aromatic nitrogens is 9. The molecule has 0 saturated heterocycles. The van der Waals surface area contributed by atoms with Gasteiger partial charge in [-0.3, -0.25) is 4.79 Å². The highest BCUT2D eigenvalue weighted by Gasteiger charge is 2.11. The summed E-state index contributed by atoms with van der Waals surface area (Å²) in [6.45, 7) is 0. The molecule has 25 heavy (non-hydrogen) atoms. The molecule has 0 spiro atoms. The first kappa shape index (κ1) is 14.6. The van der Waals surface area contributed by atoms with Crippen LogP contribution in [-0.4, -0.2) is 52.1 Å². The molecule has 0 unspecified atom stereocenters. The Morgan fingerprint density at radius 3 is 2.32 bits per heavy atom. The van der Waals surface area contributed by atoms with Gasteiger partial charge in [-0.1, -0.05) is 12.1 Å². The lowest BCUT2D eigenvalue weighted by molar-refractivity contribution is 0.102. The van der Waals surface area contributed by atoms with Crippen LogP contribution in [0.15, 0.2) is 42.6 Å². The summed E-state index contributed by atoms with van der Waals surface area (Å²) in [6.07, 6.45) is 1.55. The van der Waals surface area contributed by atoms with Crippen molar-refractivity contribution in [2.75, 3.05) is 5.32 Å². The zero-order valence-corrected chi connectivity index (χ0v) is 12.6. The number of hydrogen-bond donors (Lipinski definition) is 3. The van der Waals surface area contributed by atoms with Crippen molar-refractivity contribution in [3.05, 3.63) is 48.2 Å². The molecule has 3 heterocycles. The molecule has 4 rings (SSSR count). The maximum atomic E-state index is 12.5. The van der Waals surface area contributed by atoms with Gasteiger partial charge in [0.25, 0.3) is 5.91 Å². The largest absolute Gasteiger partial charge is 0.307 e. The first-order valence-corrected chi connectivity index (χ1v) is 7.15. The molecular weight excluding hydrogens is 324 g/mol. The van der Waals surface area contributed by atoms with Gasteiger partial charge in [-0.25, -0.2) is 4.98 Å². The Balaban J connectivity index is 1.57. The third kappa shape index (κ3) is 3.06. The molecule has 1 aromatic carbocycles. The second kappa shape index (κ2) is 6.23. The molecule has 1 amide bonds. The number of anilines is 1. The van der Waals surface area contributed by atoms with Crippen molar-refractivity contribution in [1.82, 2.24) is 46.2 Å². The van der Waals surface area contributed by atoms with Crippen LogP contribution in [-0.2, 0) is 0 Å². The van der Waals surface area contributed by atoms with Crippen molar-refractivity contribution < 1.29 is 4.79 Å². The molecule has 0 atom stereocenters. The summed E-state index contributed by atoms with van der Waals surface area (Å²) < 4.78 is 0. The van der Waals surface area contributed by atoms with Crippen LogP contribution >= 0.6 is 0 Å². The van der Waals surface area contributed by atoms with Gasteiger partial charge in [0.1, 0.15) is 5.82 Å². The number of carbonyl (C=O) groups is 1. The Morgan fingerprint density at radius 1 is 0.920 bits per heavy atom. The summed E-state index contributed by atoms with van der Waals surface area (Å²) in [6, 6.07) is 10.3. The molecule has 0 aliphatic rings. The van der Waals surface area contributed by atoms with Gasteiger partial charge >= 0.3 is 0 Å². The third-order valence-corrected chi connectivity index (χ3v) is 3.33. The number of H-pyrrole nitrogens is 2. The van der Waals surface area contributed by atoms with E-state index >= 15 is 0 Å². The molecule has 0 fully saturated rings. The van der Waals surface area contributed by atoms with Crippen LogP contribution in [0.3, 0.4) is 0 Å². The summed E-state index contributed by atoms with van der Waals surface area (Å²) in [4.78, 5) is 16.6. The number of hydrogen-bond acceptors (Lipinski definition) is 8. The summed E-state index contributed by atoms with van der Waals surface area (Å²) >= 11 is 0. The van der Waals surface area contributed by atoms with Gasteiger partial charge in [-0.15, -0.1) is 20.4 Å². The minimum atomic E-state index is -0.317. The number of aromatic amines is 2. The topological polar surface area (TPSA) is 151 Å². The van der Waals surface area contributed by atoms with Crippen LogP contribution in [0.5, 0.6) is 0 Å². The number of benzene rings is 1. The highest BCUT2D eigenvalue weighted by molar-refractivity contribution is 6.04. The van der Waals surface area contributed by atoms with E-state index in [-0.39, 0.29) is 5.91 Å². The summed E-state index contributed by atoms with van der Waals surface area (Å²) in [5.41, 5.74) is 1.79. The Bertz CT molecular complexity index is 996. The fourth-order valence-electron chi connectivity index (χ4n) is 2.19. The summed E-state index contributed by atoms with van der Waals surface area (Å²) in [7, 11) is 0. The number of rotatable bonds is 4. The fourth-order valence-corrected chi connectivity index (χ4v) is 2.19. The van der Waals surface area contributed by atoms with Crippen LogP contribution in [0.25, 0.3) is 22.8 Å². The molecule has 0 aliphatic heterocycles. The molecule has 3 N–H and O–H groups in total. The second-order valence-electron chi connectivity index (χ2n) is 4.94. The lowest BCUT2D eigenvalue weighted by Crippen LogP contribution is -2.13. The molecule has 3 aromatic heterocycles. The minimum Gasteiger partial charge on any atom is -0.307 e. The number of tetrazole rings is 2. The van der Waals surface area contributed by atoms with Gasteiger partial charge in [0.05, 0.1) is 0 Å². The predicted octanol–water partition coefficient (Wildman–Crippen LogP) is 0.694. The van der Waals surface area contributed by atoms with E-state index in [0.29, 0.717) is 34.2 Å². The van der Waals surface area contributed by atoms with E-state index in [4.69, 9.17) is 0 Å². The zero-order chi connectivity index (χ0) is 17.1. The van der Waals surface area contributed by atoms with E-state index in [1.807, 2.05) is 0 Å². The summed E-state index contributed by atoms with van der Waals surface area (Å²) in [5, 5.41) is 30.1. The quantitative estimate of drug-likeness (QED) is 0.493. The smallest absolute Gasteiger partial charge is 0.256 e. The molecule has 11 heteroatoms. The van der Waals surface area contributed by atoms with Crippen molar-refractivity contribution in [3.8, 4) is 22.8 Å². The van der Waals surface area contributed by atoms with Gasteiger partial charge < -0.3 is 5.32 Å². The van der Waals surface area contributed by atoms with Crippen LogP contribution in [0.4, 0.5) is 5.82 Å².